The van der Waals surface area contributed by atoms with Crippen LogP contribution in [0.15, 0.2) is 51.8 Å². The quantitative estimate of drug-likeness (QED) is 0.631. The minimum atomic E-state index is 0.303. The number of thiophene rings is 1. The number of thiazole rings is 1. The van der Waals surface area contributed by atoms with Gasteiger partial charge < -0.3 is 5.32 Å². The molecule has 0 aliphatic carbocycles. The fraction of sp³-hybridized carbons (Fsp3) is 0.133. The first-order chi connectivity index (χ1) is 9.72. The number of benzene rings is 1. The number of anilines is 1. The van der Waals surface area contributed by atoms with E-state index < -0.39 is 0 Å². The molecule has 2 heterocycles. The number of hydrogen-bond donors (Lipinski definition) is 1. The molecule has 1 N–H and O–H groups in total. The van der Waals surface area contributed by atoms with Gasteiger partial charge in [-0.1, -0.05) is 0 Å². The third-order valence-corrected chi connectivity index (χ3v) is 5.60. The van der Waals surface area contributed by atoms with Crippen molar-refractivity contribution >= 4 is 44.3 Å². The molecule has 0 radical (unpaired) electrons. The van der Waals surface area contributed by atoms with Gasteiger partial charge in [-0.05, 0) is 59.3 Å². The Balaban J connectivity index is 1.72. The summed E-state index contributed by atoms with van der Waals surface area (Å²) in [4.78, 5) is 5.64. The van der Waals surface area contributed by atoms with Crippen molar-refractivity contribution in [2.45, 2.75) is 13.0 Å². The zero-order chi connectivity index (χ0) is 13.9. The summed E-state index contributed by atoms with van der Waals surface area (Å²) in [5.41, 5.74) is 2.29. The van der Waals surface area contributed by atoms with E-state index in [1.165, 1.54) is 8.66 Å². The van der Waals surface area contributed by atoms with Gasteiger partial charge >= 0.3 is 0 Å². The van der Waals surface area contributed by atoms with E-state index in [0.29, 0.717) is 6.04 Å². The maximum atomic E-state index is 4.32. The van der Waals surface area contributed by atoms with Crippen molar-refractivity contribution in [3.8, 4) is 10.6 Å². The van der Waals surface area contributed by atoms with Gasteiger partial charge in [0, 0.05) is 27.7 Å². The maximum absolute atomic E-state index is 4.32. The van der Waals surface area contributed by atoms with Crippen molar-refractivity contribution in [3.63, 3.8) is 0 Å². The monoisotopic (exact) mass is 364 g/mol. The van der Waals surface area contributed by atoms with Crippen molar-refractivity contribution in [1.82, 2.24) is 4.98 Å². The molecule has 2 aromatic heterocycles. The number of nitrogens with one attached hydrogen (secondary N) is 1. The molecule has 5 heteroatoms. The highest BCUT2D eigenvalue weighted by molar-refractivity contribution is 9.11. The molecule has 3 aromatic rings. The largest absolute Gasteiger partial charge is 0.378 e. The van der Waals surface area contributed by atoms with Crippen molar-refractivity contribution in [2.75, 3.05) is 5.32 Å². The highest BCUT2D eigenvalue weighted by Gasteiger charge is 2.08. The minimum Gasteiger partial charge on any atom is -0.378 e. The predicted molar refractivity (Wildman–Crippen MR) is 91.6 cm³/mol. The highest BCUT2D eigenvalue weighted by atomic mass is 79.9. The molecule has 0 amide bonds. The van der Waals surface area contributed by atoms with E-state index in [1.807, 2.05) is 11.6 Å². The van der Waals surface area contributed by atoms with Crippen LogP contribution in [0, 0.1) is 0 Å². The second-order valence-electron chi connectivity index (χ2n) is 4.42. The van der Waals surface area contributed by atoms with Crippen LogP contribution >= 0.6 is 38.6 Å². The first-order valence-corrected chi connectivity index (χ1v) is 8.73. The average Bonchev–Trinajstić information content (AvgIpc) is 3.10. The van der Waals surface area contributed by atoms with Gasteiger partial charge in [-0.15, -0.1) is 22.7 Å². The standard InChI is InChI=1S/C15H13BrN2S2/c1-10(13-6-7-14(16)20-13)18-12-4-2-11(3-5-12)15-17-8-9-19-15/h2-10,18H,1H3. The van der Waals surface area contributed by atoms with Gasteiger partial charge in [0.1, 0.15) is 5.01 Å². The number of halogens is 1. The lowest BCUT2D eigenvalue weighted by Crippen LogP contribution is -2.04. The molecule has 1 aromatic carbocycles. The molecule has 3 rings (SSSR count). The Morgan fingerprint density at radius 2 is 1.95 bits per heavy atom. The zero-order valence-corrected chi connectivity index (χ0v) is 14.1. The highest BCUT2D eigenvalue weighted by Crippen LogP contribution is 2.30. The third kappa shape index (κ3) is 3.11. The normalized spacial score (nSPS) is 12.3. The summed E-state index contributed by atoms with van der Waals surface area (Å²) in [6.07, 6.45) is 1.84. The summed E-state index contributed by atoms with van der Waals surface area (Å²) >= 11 is 6.92. The van der Waals surface area contributed by atoms with Crippen LogP contribution in [0.1, 0.15) is 17.8 Å². The first-order valence-electron chi connectivity index (χ1n) is 6.24. The van der Waals surface area contributed by atoms with Crippen molar-refractivity contribution in [1.29, 1.82) is 0 Å². The topological polar surface area (TPSA) is 24.9 Å². The zero-order valence-electron chi connectivity index (χ0n) is 10.8. The predicted octanol–water partition coefficient (Wildman–Crippen LogP) is 5.81. The molecule has 0 saturated carbocycles. The Labute approximate surface area is 134 Å². The summed E-state index contributed by atoms with van der Waals surface area (Å²) in [5, 5.41) is 6.58. The molecule has 102 valence electrons. The van der Waals surface area contributed by atoms with E-state index >= 15 is 0 Å². The maximum Gasteiger partial charge on any atom is 0.123 e. The molecular formula is C15H13BrN2S2. The first kappa shape index (κ1) is 13.8. The molecule has 2 nitrogen and oxygen atoms in total. The van der Waals surface area contributed by atoms with Crippen LogP contribution in [0.2, 0.25) is 0 Å². The molecular weight excluding hydrogens is 352 g/mol. The Morgan fingerprint density at radius 3 is 2.55 bits per heavy atom. The van der Waals surface area contributed by atoms with Crippen molar-refractivity contribution < 1.29 is 0 Å². The fourth-order valence-electron chi connectivity index (χ4n) is 1.96. The molecule has 0 spiro atoms. The summed E-state index contributed by atoms with van der Waals surface area (Å²) < 4.78 is 1.17. The minimum absolute atomic E-state index is 0.303. The van der Waals surface area contributed by atoms with E-state index in [0.717, 1.165) is 16.3 Å². The van der Waals surface area contributed by atoms with Gasteiger partial charge in [0.15, 0.2) is 0 Å². The van der Waals surface area contributed by atoms with E-state index in [1.54, 1.807) is 22.7 Å². The number of nitrogens with zero attached hydrogens (tertiary/aromatic N) is 1. The second kappa shape index (κ2) is 6.08. The van der Waals surface area contributed by atoms with Gasteiger partial charge in [0.05, 0.1) is 9.83 Å². The molecule has 0 saturated heterocycles. The van der Waals surface area contributed by atoms with Gasteiger partial charge in [-0.2, -0.15) is 0 Å². The van der Waals surface area contributed by atoms with Crippen LogP contribution < -0.4 is 5.32 Å². The lowest BCUT2D eigenvalue weighted by molar-refractivity contribution is 0.908. The van der Waals surface area contributed by atoms with Crippen LogP contribution in [0.4, 0.5) is 5.69 Å². The lowest BCUT2D eigenvalue weighted by Gasteiger charge is -2.13. The SMILES string of the molecule is CC(Nc1ccc(-c2nccs2)cc1)c1ccc(Br)s1. The lowest BCUT2D eigenvalue weighted by atomic mass is 10.2. The van der Waals surface area contributed by atoms with Crippen molar-refractivity contribution in [2.24, 2.45) is 0 Å². The molecule has 20 heavy (non-hydrogen) atoms. The van der Waals surface area contributed by atoms with E-state index in [4.69, 9.17) is 0 Å². The van der Waals surface area contributed by atoms with E-state index in [2.05, 4.69) is 69.6 Å². The molecule has 0 bridgehead atoms. The molecule has 0 fully saturated rings. The molecule has 0 aliphatic heterocycles. The van der Waals surface area contributed by atoms with Crippen LogP contribution in [0.25, 0.3) is 10.6 Å². The third-order valence-electron chi connectivity index (χ3n) is 2.97. The Kier molecular flexibility index (Phi) is 4.19. The van der Waals surface area contributed by atoms with Gasteiger partial charge in [0.2, 0.25) is 0 Å². The molecule has 1 unspecified atom stereocenters. The van der Waals surface area contributed by atoms with Crippen LogP contribution in [-0.4, -0.2) is 4.98 Å². The Morgan fingerprint density at radius 1 is 1.15 bits per heavy atom. The molecule has 1 atom stereocenters. The summed E-state index contributed by atoms with van der Waals surface area (Å²) in [5.74, 6) is 0. The number of hydrogen-bond acceptors (Lipinski definition) is 4. The van der Waals surface area contributed by atoms with Crippen molar-refractivity contribution in [3.05, 3.63) is 56.6 Å². The summed E-state index contributed by atoms with van der Waals surface area (Å²) in [6, 6.07) is 13.0. The smallest absolute Gasteiger partial charge is 0.123 e. The molecule has 0 aliphatic rings. The number of rotatable bonds is 4. The Bertz CT molecular complexity index is 674. The van der Waals surface area contributed by atoms with Crippen LogP contribution in [0.3, 0.4) is 0 Å². The Hall–Kier alpha value is -1.17. The van der Waals surface area contributed by atoms with E-state index in [9.17, 15) is 0 Å². The fourth-order valence-corrected chi connectivity index (χ4v) is 4.03. The van der Waals surface area contributed by atoms with Gasteiger partial charge in [-0.25, -0.2) is 4.98 Å². The van der Waals surface area contributed by atoms with Crippen LogP contribution in [0.5, 0.6) is 0 Å². The second-order valence-corrected chi connectivity index (χ2v) is 7.81. The van der Waals surface area contributed by atoms with Gasteiger partial charge in [0.25, 0.3) is 0 Å². The van der Waals surface area contributed by atoms with Crippen LogP contribution in [-0.2, 0) is 0 Å². The summed E-state index contributed by atoms with van der Waals surface area (Å²) in [6.45, 7) is 2.17. The van der Waals surface area contributed by atoms with E-state index in [-0.39, 0.29) is 0 Å². The summed E-state index contributed by atoms with van der Waals surface area (Å²) in [7, 11) is 0. The average molecular weight is 365 g/mol. The number of aromatic nitrogens is 1. The van der Waals surface area contributed by atoms with Gasteiger partial charge in [-0.3, -0.25) is 0 Å².